The first-order chi connectivity index (χ1) is 14.1. The third-order valence-corrected chi connectivity index (χ3v) is 6.61. The Balaban J connectivity index is 1.29. The van der Waals surface area contributed by atoms with Gasteiger partial charge in [0.05, 0.1) is 5.92 Å². The van der Waals surface area contributed by atoms with Gasteiger partial charge in [-0.1, -0.05) is 0 Å². The number of aromatic nitrogens is 1. The summed E-state index contributed by atoms with van der Waals surface area (Å²) in [5, 5.41) is 0. The summed E-state index contributed by atoms with van der Waals surface area (Å²) < 4.78 is 0. The van der Waals surface area contributed by atoms with Gasteiger partial charge < -0.3 is 9.80 Å². The predicted octanol–water partition coefficient (Wildman–Crippen LogP) is 1.59. The fraction of sp³-hybridized carbons (Fsp3) is 0.636. The molecule has 3 aliphatic rings. The second-order valence-electron chi connectivity index (χ2n) is 8.46. The van der Waals surface area contributed by atoms with Crippen molar-refractivity contribution in [3.63, 3.8) is 0 Å². The number of nitrogens with zero attached hydrogens (tertiary/aromatic N) is 4. The highest BCUT2D eigenvalue weighted by Crippen LogP contribution is 2.26. The molecule has 3 fully saturated rings. The summed E-state index contributed by atoms with van der Waals surface area (Å²) in [5.74, 6) is -0.460. The summed E-state index contributed by atoms with van der Waals surface area (Å²) in [6, 6.07) is 3.69. The fourth-order valence-electron chi connectivity index (χ4n) is 4.93. The highest BCUT2D eigenvalue weighted by atomic mass is 16.2. The van der Waals surface area contributed by atoms with E-state index in [1.165, 1.54) is 6.20 Å². The molecular formula is C22H30N4O3. The van der Waals surface area contributed by atoms with Crippen molar-refractivity contribution in [3.8, 4) is 0 Å². The van der Waals surface area contributed by atoms with Crippen LogP contribution < -0.4 is 0 Å². The minimum atomic E-state index is -0.481. The molecule has 1 atom stereocenters. The van der Waals surface area contributed by atoms with Gasteiger partial charge in [0, 0.05) is 56.7 Å². The highest BCUT2D eigenvalue weighted by Gasteiger charge is 2.35. The lowest BCUT2D eigenvalue weighted by atomic mass is 9.92. The fourth-order valence-corrected chi connectivity index (χ4v) is 4.93. The van der Waals surface area contributed by atoms with E-state index >= 15 is 0 Å². The third kappa shape index (κ3) is 4.50. The molecule has 3 aliphatic heterocycles. The second-order valence-corrected chi connectivity index (χ2v) is 8.46. The summed E-state index contributed by atoms with van der Waals surface area (Å²) >= 11 is 0. The van der Waals surface area contributed by atoms with Crippen LogP contribution in [0, 0.1) is 5.92 Å². The van der Waals surface area contributed by atoms with Crippen LogP contribution in [0.4, 0.5) is 0 Å². The molecule has 0 aromatic carbocycles. The largest absolute Gasteiger partial charge is 0.342 e. The Kier molecular flexibility index (Phi) is 6.23. The zero-order valence-electron chi connectivity index (χ0n) is 17.0. The summed E-state index contributed by atoms with van der Waals surface area (Å²) in [7, 11) is 0. The summed E-state index contributed by atoms with van der Waals surface area (Å²) in [6.07, 6.45) is 9.06. The van der Waals surface area contributed by atoms with Crippen molar-refractivity contribution < 1.29 is 14.4 Å². The molecule has 156 valence electrons. The smallest absolute Gasteiger partial charge is 0.295 e. The van der Waals surface area contributed by atoms with E-state index in [0.29, 0.717) is 30.6 Å². The van der Waals surface area contributed by atoms with Crippen LogP contribution in [0.2, 0.25) is 0 Å². The van der Waals surface area contributed by atoms with Gasteiger partial charge in [-0.3, -0.25) is 24.3 Å². The number of hydrogen-bond donors (Lipinski definition) is 0. The van der Waals surface area contributed by atoms with Gasteiger partial charge in [-0.25, -0.2) is 0 Å². The normalized spacial score (nSPS) is 23.9. The van der Waals surface area contributed by atoms with E-state index in [1.807, 2.05) is 4.90 Å². The van der Waals surface area contributed by atoms with E-state index in [9.17, 15) is 14.4 Å². The number of Topliss-reactive ketones (excluding diaryl/α,β-unsaturated/α-hetero) is 1. The van der Waals surface area contributed by atoms with Gasteiger partial charge in [-0.2, -0.15) is 0 Å². The standard InChI is InChI=1S/C22H30N4O3/c27-20(17-5-3-9-23-15-17)22(29)25-13-7-19(8-14-25)26-12-4-6-18(16-26)21(28)24-10-1-2-11-24/h3,5,9,15,18-19H,1-2,4,6-8,10-14,16H2/t18-/m0/s1. The molecule has 7 heteroatoms. The van der Waals surface area contributed by atoms with Crippen LogP contribution in [0.3, 0.4) is 0 Å². The Morgan fingerprint density at radius 1 is 0.897 bits per heavy atom. The lowest BCUT2D eigenvalue weighted by Crippen LogP contribution is -2.52. The quantitative estimate of drug-likeness (QED) is 0.569. The van der Waals surface area contributed by atoms with Crippen molar-refractivity contribution in [2.24, 2.45) is 5.92 Å². The number of piperidine rings is 2. The molecule has 0 radical (unpaired) electrons. The van der Waals surface area contributed by atoms with Crippen molar-refractivity contribution >= 4 is 17.6 Å². The Morgan fingerprint density at radius 3 is 2.34 bits per heavy atom. The monoisotopic (exact) mass is 398 g/mol. The second kappa shape index (κ2) is 9.03. The van der Waals surface area contributed by atoms with Crippen molar-refractivity contribution in [1.29, 1.82) is 0 Å². The number of hydrogen-bond acceptors (Lipinski definition) is 5. The van der Waals surface area contributed by atoms with Crippen molar-refractivity contribution in [2.75, 3.05) is 39.3 Å². The van der Waals surface area contributed by atoms with Crippen molar-refractivity contribution in [3.05, 3.63) is 30.1 Å². The van der Waals surface area contributed by atoms with E-state index in [-0.39, 0.29) is 5.92 Å². The van der Waals surface area contributed by atoms with Gasteiger partial charge in [0.25, 0.3) is 11.7 Å². The lowest BCUT2D eigenvalue weighted by molar-refractivity contribution is -0.136. The van der Waals surface area contributed by atoms with Crippen molar-refractivity contribution in [2.45, 2.75) is 44.6 Å². The van der Waals surface area contributed by atoms with Gasteiger partial charge in [-0.15, -0.1) is 0 Å². The number of carbonyl (C=O) groups is 3. The number of carbonyl (C=O) groups excluding carboxylic acids is 3. The molecule has 0 spiro atoms. The third-order valence-electron chi connectivity index (χ3n) is 6.61. The minimum absolute atomic E-state index is 0.119. The maximum Gasteiger partial charge on any atom is 0.295 e. The molecule has 0 bridgehead atoms. The van der Waals surface area contributed by atoms with Crippen LogP contribution in [0.1, 0.15) is 48.9 Å². The summed E-state index contributed by atoms with van der Waals surface area (Å²) in [5.41, 5.74) is 0.346. The highest BCUT2D eigenvalue weighted by molar-refractivity contribution is 6.42. The lowest BCUT2D eigenvalue weighted by Gasteiger charge is -2.42. The minimum Gasteiger partial charge on any atom is -0.342 e. The number of pyridine rings is 1. The van der Waals surface area contributed by atoms with Crippen molar-refractivity contribution in [1.82, 2.24) is 19.7 Å². The van der Waals surface area contributed by atoms with Gasteiger partial charge in [0.1, 0.15) is 0 Å². The van der Waals surface area contributed by atoms with E-state index in [1.54, 1.807) is 23.2 Å². The van der Waals surface area contributed by atoms with Crippen LogP contribution in [0.25, 0.3) is 0 Å². The van der Waals surface area contributed by atoms with Crippen LogP contribution in [-0.4, -0.2) is 82.6 Å². The molecule has 4 rings (SSSR count). The molecule has 1 aromatic heterocycles. The molecule has 7 nitrogen and oxygen atoms in total. The first kappa shape index (κ1) is 20.0. The Morgan fingerprint density at radius 2 is 1.66 bits per heavy atom. The van der Waals surface area contributed by atoms with E-state index in [0.717, 1.165) is 64.7 Å². The average molecular weight is 399 g/mol. The topological polar surface area (TPSA) is 73.8 Å². The Hall–Kier alpha value is -2.28. The first-order valence-corrected chi connectivity index (χ1v) is 10.9. The van der Waals surface area contributed by atoms with E-state index in [2.05, 4.69) is 9.88 Å². The van der Waals surface area contributed by atoms with Gasteiger partial charge in [0.15, 0.2) is 0 Å². The zero-order valence-corrected chi connectivity index (χ0v) is 17.0. The number of likely N-dealkylation sites (tertiary alicyclic amines) is 3. The summed E-state index contributed by atoms with van der Waals surface area (Å²) in [4.78, 5) is 47.8. The van der Waals surface area contributed by atoms with Gasteiger partial charge in [-0.05, 0) is 57.2 Å². The Bertz CT molecular complexity index is 740. The Labute approximate surface area is 172 Å². The molecular weight excluding hydrogens is 368 g/mol. The van der Waals surface area contributed by atoms with Crippen LogP contribution >= 0.6 is 0 Å². The number of rotatable bonds is 4. The molecule has 1 aromatic rings. The van der Waals surface area contributed by atoms with Gasteiger partial charge >= 0.3 is 0 Å². The molecule has 2 amide bonds. The maximum atomic E-state index is 12.8. The zero-order chi connectivity index (χ0) is 20.2. The van der Waals surface area contributed by atoms with Crippen LogP contribution in [-0.2, 0) is 9.59 Å². The molecule has 0 aliphatic carbocycles. The average Bonchev–Trinajstić information content (AvgIpc) is 3.33. The van der Waals surface area contributed by atoms with E-state index in [4.69, 9.17) is 0 Å². The van der Waals surface area contributed by atoms with Crippen LogP contribution in [0.15, 0.2) is 24.5 Å². The number of ketones is 1. The SMILES string of the molecule is O=C(C(=O)N1CCC(N2CCC[C@H](C(=O)N3CCCC3)C2)CC1)c1cccnc1. The molecule has 3 saturated heterocycles. The van der Waals surface area contributed by atoms with E-state index < -0.39 is 11.7 Å². The van der Waals surface area contributed by atoms with Crippen LogP contribution in [0.5, 0.6) is 0 Å². The summed E-state index contributed by atoms with van der Waals surface area (Å²) in [6.45, 7) is 4.88. The number of amides is 2. The van der Waals surface area contributed by atoms with Gasteiger partial charge in [0.2, 0.25) is 5.91 Å². The first-order valence-electron chi connectivity index (χ1n) is 10.9. The predicted molar refractivity (Wildman–Crippen MR) is 108 cm³/mol. The molecule has 29 heavy (non-hydrogen) atoms. The molecule has 0 N–H and O–H groups in total. The molecule has 0 unspecified atom stereocenters. The molecule has 4 heterocycles. The maximum absolute atomic E-state index is 12.8. The molecule has 0 saturated carbocycles.